The molecule has 0 amide bonds. The number of rotatable bonds is 5. The van der Waals surface area contributed by atoms with E-state index in [1.54, 1.807) is 0 Å². The smallest absolute Gasteiger partial charge is 0.155 e. The van der Waals surface area contributed by atoms with Gasteiger partial charge in [0.1, 0.15) is 17.1 Å². The number of pyridine rings is 1. The van der Waals surface area contributed by atoms with E-state index in [0.717, 1.165) is 12.8 Å². The number of halogens is 2. The standard InChI is InChI=1S/C19H22F2N2O2/c1-18(2,24)14-9-15(19(25,10-22)12-5-6-12)23-17(16(14)21)11-3-7-13(20)8-4-11/h3-4,7-9,12,24-25H,5-6,10,22H2,1-2H3/t19-/m0/s1. The fourth-order valence-electron chi connectivity index (χ4n) is 3.04. The maximum atomic E-state index is 15.0. The normalized spacial score (nSPS) is 17.4. The summed E-state index contributed by atoms with van der Waals surface area (Å²) in [5.74, 6) is -1.18. The minimum atomic E-state index is -1.48. The Morgan fingerprint density at radius 3 is 2.24 bits per heavy atom. The first-order chi connectivity index (χ1) is 11.7. The van der Waals surface area contributed by atoms with Crippen molar-refractivity contribution in [3.63, 3.8) is 0 Å². The zero-order valence-electron chi connectivity index (χ0n) is 14.3. The van der Waals surface area contributed by atoms with Gasteiger partial charge in [0.05, 0.1) is 11.3 Å². The lowest BCUT2D eigenvalue weighted by atomic mass is 9.88. The fourth-order valence-corrected chi connectivity index (χ4v) is 3.04. The first-order valence-corrected chi connectivity index (χ1v) is 8.29. The van der Waals surface area contributed by atoms with Gasteiger partial charge in [-0.25, -0.2) is 13.8 Å². The highest BCUT2D eigenvalue weighted by Gasteiger charge is 2.46. The van der Waals surface area contributed by atoms with Gasteiger partial charge in [-0.15, -0.1) is 0 Å². The molecule has 1 fully saturated rings. The molecule has 6 heteroatoms. The molecule has 4 nitrogen and oxygen atoms in total. The largest absolute Gasteiger partial charge is 0.386 e. The predicted octanol–water partition coefficient (Wildman–Crippen LogP) is 2.81. The second-order valence-electron chi connectivity index (χ2n) is 7.19. The number of nitrogens with two attached hydrogens (primary N) is 1. The number of hydrogen-bond donors (Lipinski definition) is 3. The Balaban J connectivity index is 2.23. The van der Waals surface area contributed by atoms with Crippen LogP contribution in [0.1, 0.15) is 37.9 Å². The van der Waals surface area contributed by atoms with Crippen LogP contribution >= 0.6 is 0 Å². The molecule has 2 aromatic rings. The van der Waals surface area contributed by atoms with Gasteiger partial charge >= 0.3 is 0 Å². The topological polar surface area (TPSA) is 79.4 Å². The van der Waals surface area contributed by atoms with Gasteiger partial charge in [-0.3, -0.25) is 0 Å². The summed E-state index contributed by atoms with van der Waals surface area (Å²) in [6, 6.07) is 6.63. The molecular weight excluding hydrogens is 326 g/mol. The molecular formula is C19H22F2N2O2. The summed E-state index contributed by atoms with van der Waals surface area (Å²) in [7, 11) is 0. The van der Waals surface area contributed by atoms with Crippen molar-refractivity contribution in [3.8, 4) is 11.3 Å². The quantitative estimate of drug-likeness (QED) is 0.776. The third kappa shape index (κ3) is 3.29. The van der Waals surface area contributed by atoms with Crippen molar-refractivity contribution in [1.82, 2.24) is 4.98 Å². The average Bonchev–Trinajstić information content (AvgIpc) is 3.39. The maximum absolute atomic E-state index is 15.0. The number of aromatic nitrogens is 1. The summed E-state index contributed by atoms with van der Waals surface area (Å²) in [5, 5.41) is 21.3. The van der Waals surface area contributed by atoms with Crippen LogP contribution in [0.25, 0.3) is 11.3 Å². The molecule has 134 valence electrons. The molecule has 1 saturated carbocycles. The molecule has 0 saturated heterocycles. The number of nitrogens with zero attached hydrogens (tertiary/aromatic N) is 1. The van der Waals surface area contributed by atoms with Crippen molar-refractivity contribution < 1.29 is 19.0 Å². The molecule has 1 heterocycles. The molecule has 25 heavy (non-hydrogen) atoms. The molecule has 1 aromatic carbocycles. The van der Waals surface area contributed by atoms with Crippen LogP contribution in [0.15, 0.2) is 30.3 Å². The van der Waals surface area contributed by atoms with Crippen LogP contribution in [0, 0.1) is 17.6 Å². The Bertz CT molecular complexity index is 783. The van der Waals surface area contributed by atoms with Crippen LogP contribution < -0.4 is 5.73 Å². The van der Waals surface area contributed by atoms with E-state index in [1.165, 1.54) is 44.2 Å². The van der Waals surface area contributed by atoms with E-state index >= 15 is 4.39 Å². The summed E-state index contributed by atoms with van der Waals surface area (Å²) in [4.78, 5) is 4.31. The lowest BCUT2D eigenvalue weighted by molar-refractivity contribution is 0.0169. The van der Waals surface area contributed by atoms with Crippen molar-refractivity contribution in [3.05, 3.63) is 53.2 Å². The minimum absolute atomic E-state index is 0.0179. The summed E-state index contributed by atoms with van der Waals surface area (Å²) in [5.41, 5.74) is 3.51. The van der Waals surface area contributed by atoms with Gasteiger partial charge in [0.15, 0.2) is 5.82 Å². The van der Waals surface area contributed by atoms with E-state index in [9.17, 15) is 14.6 Å². The molecule has 0 radical (unpaired) electrons. The van der Waals surface area contributed by atoms with E-state index < -0.39 is 22.8 Å². The van der Waals surface area contributed by atoms with Crippen molar-refractivity contribution in [2.75, 3.05) is 6.54 Å². The van der Waals surface area contributed by atoms with Crippen LogP contribution in [0.5, 0.6) is 0 Å². The minimum Gasteiger partial charge on any atom is -0.386 e. The molecule has 0 unspecified atom stereocenters. The van der Waals surface area contributed by atoms with Gasteiger partial charge in [-0.05, 0) is 62.9 Å². The third-order valence-corrected chi connectivity index (χ3v) is 4.74. The predicted molar refractivity (Wildman–Crippen MR) is 90.5 cm³/mol. The lowest BCUT2D eigenvalue weighted by Gasteiger charge is -2.29. The summed E-state index contributed by atoms with van der Waals surface area (Å²) >= 11 is 0. The maximum Gasteiger partial charge on any atom is 0.155 e. The van der Waals surface area contributed by atoms with E-state index in [2.05, 4.69) is 4.98 Å². The van der Waals surface area contributed by atoms with Crippen LogP contribution in [-0.4, -0.2) is 21.7 Å². The van der Waals surface area contributed by atoms with E-state index in [0.29, 0.717) is 5.56 Å². The SMILES string of the molecule is CC(C)(O)c1cc([C@](O)(CN)C2CC2)nc(-c2ccc(F)cc2)c1F. The average molecular weight is 348 g/mol. The lowest BCUT2D eigenvalue weighted by Crippen LogP contribution is -2.38. The second kappa shape index (κ2) is 6.12. The van der Waals surface area contributed by atoms with Crippen molar-refractivity contribution in [2.24, 2.45) is 11.7 Å². The number of hydrogen-bond acceptors (Lipinski definition) is 4. The molecule has 0 aliphatic heterocycles. The fraction of sp³-hybridized carbons (Fsp3) is 0.421. The Morgan fingerprint density at radius 2 is 1.76 bits per heavy atom. The third-order valence-electron chi connectivity index (χ3n) is 4.74. The molecule has 1 aliphatic rings. The van der Waals surface area contributed by atoms with Crippen molar-refractivity contribution in [1.29, 1.82) is 0 Å². The van der Waals surface area contributed by atoms with E-state index in [1.807, 2.05) is 0 Å². The zero-order chi connectivity index (χ0) is 18.4. The summed E-state index contributed by atoms with van der Waals surface area (Å²) in [6.07, 6.45) is 1.63. The Kier molecular flexibility index (Phi) is 4.39. The van der Waals surface area contributed by atoms with Crippen molar-refractivity contribution in [2.45, 2.75) is 37.9 Å². The molecule has 0 spiro atoms. The van der Waals surface area contributed by atoms with Gasteiger partial charge in [0.2, 0.25) is 0 Å². The van der Waals surface area contributed by atoms with Gasteiger partial charge < -0.3 is 15.9 Å². The van der Waals surface area contributed by atoms with Gasteiger partial charge in [-0.2, -0.15) is 0 Å². The molecule has 1 aromatic heterocycles. The van der Waals surface area contributed by atoms with Crippen LogP contribution in [-0.2, 0) is 11.2 Å². The highest BCUT2D eigenvalue weighted by Crippen LogP contribution is 2.46. The number of aliphatic hydroxyl groups is 2. The highest BCUT2D eigenvalue weighted by atomic mass is 19.1. The zero-order valence-corrected chi connectivity index (χ0v) is 14.3. The molecule has 3 rings (SSSR count). The molecule has 0 bridgehead atoms. The monoisotopic (exact) mass is 348 g/mol. The highest BCUT2D eigenvalue weighted by molar-refractivity contribution is 5.62. The molecule has 1 atom stereocenters. The Hall–Kier alpha value is -1.89. The van der Waals surface area contributed by atoms with E-state index in [-0.39, 0.29) is 29.4 Å². The van der Waals surface area contributed by atoms with Crippen LogP contribution in [0.2, 0.25) is 0 Å². The molecule has 1 aliphatic carbocycles. The Morgan fingerprint density at radius 1 is 1.16 bits per heavy atom. The first-order valence-electron chi connectivity index (χ1n) is 8.29. The first kappa shape index (κ1) is 17.9. The second-order valence-corrected chi connectivity index (χ2v) is 7.19. The van der Waals surface area contributed by atoms with Crippen LogP contribution in [0.3, 0.4) is 0 Å². The van der Waals surface area contributed by atoms with E-state index in [4.69, 9.17) is 5.73 Å². The Labute approximate surface area is 145 Å². The van der Waals surface area contributed by atoms with Crippen LogP contribution in [0.4, 0.5) is 8.78 Å². The van der Waals surface area contributed by atoms with Gasteiger partial charge in [0, 0.05) is 17.7 Å². The summed E-state index contributed by atoms with van der Waals surface area (Å²) in [6.45, 7) is 2.87. The van der Waals surface area contributed by atoms with Gasteiger partial charge in [0.25, 0.3) is 0 Å². The van der Waals surface area contributed by atoms with Gasteiger partial charge in [-0.1, -0.05) is 0 Å². The number of benzene rings is 1. The van der Waals surface area contributed by atoms with Crippen molar-refractivity contribution >= 4 is 0 Å². The summed E-state index contributed by atoms with van der Waals surface area (Å²) < 4.78 is 28.2. The molecule has 4 N–H and O–H groups in total.